The maximum absolute atomic E-state index is 13.1. The highest BCUT2D eigenvalue weighted by Gasteiger charge is 2.36. The summed E-state index contributed by atoms with van der Waals surface area (Å²) in [6.07, 6.45) is 2.57. The third-order valence-electron chi connectivity index (χ3n) is 5.26. The van der Waals surface area contributed by atoms with Crippen LogP contribution in [0.25, 0.3) is 11.3 Å². The van der Waals surface area contributed by atoms with Crippen LogP contribution in [0.4, 0.5) is 0 Å². The highest BCUT2D eigenvalue weighted by molar-refractivity contribution is 5.93. The molecule has 3 heterocycles. The Kier molecular flexibility index (Phi) is 4.90. The second-order valence-electron chi connectivity index (χ2n) is 6.92. The van der Waals surface area contributed by atoms with E-state index in [9.17, 15) is 4.79 Å². The maximum atomic E-state index is 13.1. The van der Waals surface area contributed by atoms with Crippen LogP contribution >= 0.6 is 0 Å². The van der Waals surface area contributed by atoms with Gasteiger partial charge in [0.25, 0.3) is 5.91 Å². The molecule has 1 fully saturated rings. The SMILES string of the molecule is CCc1onc(C)c1[C@@H]1CCCN1C(=O)c1cc(-c2ccc(OC)cc2)no1. The number of methoxy groups -OCH3 is 1. The second kappa shape index (κ2) is 7.50. The van der Waals surface area contributed by atoms with Crippen molar-refractivity contribution in [3.05, 3.63) is 53.1 Å². The summed E-state index contributed by atoms with van der Waals surface area (Å²) in [6, 6.07) is 9.13. The average Bonchev–Trinajstić information content (AvgIpc) is 3.46. The number of carbonyl (C=O) groups is 1. The molecule has 28 heavy (non-hydrogen) atoms. The molecule has 0 spiro atoms. The van der Waals surface area contributed by atoms with Crippen LogP contribution in [-0.2, 0) is 6.42 Å². The number of carbonyl (C=O) groups excluding carboxylic acids is 1. The molecule has 7 nitrogen and oxygen atoms in total. The van der Waals surface area contributed by atoms with Gasteiger partial charge in [-0.1, -0.05) is 17.2 Å². The Morgan fingerprint density at radius 1 is 1.25 bits per heavy atom. The van der Waals surface area contributed by atoms with E-state index < -0.39 is 0 Å². The number of nitrogens with zero attached hydrogens (tertiary/aromatic N) is 3. The van der Waals surface area contributed by atoms with E-state index >= 15 is 0 Å². The van der Waals surface area contributed by atoms with Crippen molar-refractivity contribution in [2.24, 2.45) is 0 Å². The molecule has 1 amide bonds. The molecule has 1 aliphatic rings. The van der Waals surface area contributed by atoms with Crippen molar-refractivity contribution in [2.75, 3.05) is 13.7 Å². The molecule has 0 bridgehead atoms. The fourth-order valence-electron chi connectivity index (χ4n) is 3.83. The van der Waals surface area contributed by atoms with E-state index in [1.807, 2.05) is 43.0 Å². The monoisotopic (exact) mass is 381 g/mol. The fraction of sp³-hybridized carbons (Fsp3) is 0.381. The van der Waals surface area contributed by atoms with Crippen LogP contribution in [0.2, 0.25) is 0 Å². The van der Waals surface area contributed by atoms with E-state index in [2.05, 4.69) is 10.3 Å². The smallest absolute Gasteiger partial charge is 0.293 e. The molecular formula is C21H23N3O4. The molecule has 146 valence electrons. The number of rotatable bonds is 5. The first kappa shape index (κ1) is 18.3. The topological polar surface area (TPSA) is 81.6 Å². The van der Waals surface area contributed by atoms with Crippen LogP contribution in [0.15, 0.2) is 39.4 Å². The third kappa shape index (κ3) is 3.17. The Balaban J connectivity index is 1.58. The predicted molar refractivity (Wildman–Crippen MR) is 102 cm³/mol. The van der Waals surface area contributed by atoms with Gasteiger partial charge >= 0.3 is 0 Å². The Labute approximate surface area is 163 Å². The molecule has 1 atom stereocenters. The first-order chi connectivity index (χ1) is 13.6. The molecule has 2 aromatic heterocycles. The zero-order valence-corrected chi connectivity index (χ0v) is 16.3. The second-order valence-corrected chi connectivity index (χ2v) is 6.92. The van der Waals surface area contributed by atoms with Gasteiger partial charge in [-0.15, -0.1) is 0 Å². The Morgan fingerprint density at radius 2 is 2.04 bits per heavy atom. The van der Waals surface area contributed by atoms with Gasteiger partial charge in [0.15, 0.2) is 0 Å². The molecular weight excluding hydrogens is 358 g/mol. The minimum absolute atomic E-state index is 0.0387. The van der Waals surface area contributed by atoms with Crippen LogP contribution in [0.5, 0.6) is 5.75 Å². The van der Waals surface area contributed by atoms with E-state index in [-0.39, 0.29) is 17.7 Å². The molecule has 0 saturated carbocycles. The molecule has 1 aromatic carbocycles. The van der Waals surface area contributed by atoms with Gasteiger partial charge in [0.2, 0.25) is 5.76 Å². The average molecular weight is 381 g/mol. The van der Waals surface area contributed by atoms with Crippen LogP contribution in [0.1, 0.15) is 53.4 Å². The Hall–Kier alpha value is -3.09. The summed E-state index contributed by atoms with van der Waals surface area (Å²) in [6.45, 7) is 4.63. The fourth-order valence-corrected chi connectivity index (χ4v) is 3.83. The van der Waals surface area contributed by atoms with Gasteiger partial charge < -0.3 is 18.7 Å². The summed E-state index contributed by atoms with van der Waals surface area (Å²) >= 11 is 0. The van der Waals surface area contributed by atoms with Gasteiger partial charge in [-0.25, -0.2) is 0 Å². The lowest BCUT2D eigenvalue weighted by molar-refractivity contribution is 0.0692. The molecule has 0 unspecified atom stereocenters. The number of ether oxygens (including phenoxy) is 1. The first-order valence-corrected chi connectivity index (χ1v) is 9.49. The number of likely N-dealkylation sites (tertiary alicyclic amines) is 1. The quantitative estimate of drug-likeness (QED) is 0.659. The number of hydrogen-bond donors (Lipinski definition) is 0. The van der Waals surface area contributed by atoms with Crippen molar-refractivity contribution in [2.45, 2.75) is 39.2 Å². The number of aryl methyl sites for hydroxylation is 2. The minimum Gasteiger partial charge on any atom is -0.497 e. The van der Waals surface area contributed by atoms with Crippen LogP contribution in [0.3, 0.4) is 0 Å². The van der Waals surface area contributed by atoms with Crippen LogP contribution < -0.4 is 4.74 Å². The first-order valence-electron chi connectivity index (χ1n) is 9.49. The van der Waals surface area contributed by atoms with E-state index in [0.717, 1.165) is 47.6 Å². The Bertz CT molecular complexity index is 974. The summed E-state index contributed by atoms with van der Waals surface area (Å²) in [5.74, 6) is 1.69. The lowest BCUT2D eigenvalue weighted by Gasteiger charge is -2.23. The number of amides is 1. The standard InChI is InChI=1S/C21H23N3O4/c1-4-18-20(13(2)22-27-18)17-6-5-11-24(17)21(25)19-12-16(23-28-19)14-7-9-15(26-3)10-8-14/h7-10,12,17H,4-6,11H2,1-3H3/t17-/m0/s1. The van der Waals surface area contributed by atoms with Crippen molar-refractivity contribution in [1.29, 1.82) is 0 Å². The largest absolute Gasteiger partial charge is 0.497 e. The van der Waals surface area contributed by atoms with Crippen molar-refractivity contribution in [3.63, 3.8) is 0 Å². The highest BCUT2D eigenvalue weighted by atomic mass is 16.5. The summed E-state index contributed by atoms with van der Waals surface area (Å²) in [5.41, 5.74) is 3.36. The zero-order chi connectivity index (χ0) is 19.7. The molecule has 3 aromatic rings. The van der Waals surface area contributed by atoms with Gasteiger partial charge in [0, 0.05) is 30.2 Å². The summed E-state index contributed by atoms with van der Waals surface area (Å²) in [7, 11) is 1.62. The normalized spacial score (nSPS) is 16.5. The minimum atomic E-state index is -0.155. The van der Waals surface area contributed by atoms with Gasteiger partial charge in [-0.2, -0.15) is 0 Å². The molecule has 1 saturated heterocycles. The molecule has 0 aliphatic carbocycles. The summed E-state index contributed by atoms with van der Waals surface area (Å²) < 4.78 is 16.0. The summed E-state index contributed by atoms with van der Waals surface area (Å²) in [5, 5.41) is 8.18. The van der Waals surface area contributed by atoms with Crippen molar-refractivity contribution >= 4 is 5.91 Å². The molecule has 0 N–H and O–H groups in total. The van der Waals surface area contributed by atoms with Gasteiger partial charge in [-0.05, 0) is 44.0 Å². The number of benzene rings is 1. The van der Waals surface area contributed by atoms with Gasteiger partial charge in [-0.3, -0.25) is 4.79 Å². The highest BCUT2D eigenvalue weighted by Crippen LogP contribution is 2.37. The molecule has 0 radical (unpaired) electrons. The van der Waals surface area contributed by atoms with E-state index in [4.69, 9.17) is 13.8 Å². The number of hydrogen-bond acceptors (Lipinski definition) is 6. The van der Waals surface area contributed by atoms with Crippen molar-refractivity contribution in [1.82, 2.24) is 15.2 Å². The van der Waals surface area contributed by atoms with Gasteiger partial charge in [0.05, 0.1) is 18.8 Å². The molecule has 1 aliphatic heterocycles. The van der Waals surface area contributed by atoms with Crippen molar-refractivity contribution < 1.29 is 18.6 Å². The lowest BCUT2D eigenvalue weighted by atomic mass is 10.0. The van der Waals surface area contributed by atoms with Crippen LogP contribution in [0, 0.1) is 6.92 Å². The lowest BCUT2D eigenvalue weighted by Crippen LogP contribution is -2.30. The van der Waals surface area contributed by atoms with E-state index in [1.165, 1.54) is 0 Å². The zero-order valence-electron chi connectivity index (χ0n) is 16.3. The molecule has 7 heteroatoms. The van der Waals surface area contributed by atoms with E-state index in [0.29, 0.717) is 12.2 Å². The third-order valence-corrected chi connectivity index (χ3v) is 5.26. The maximum Gasteiger partial charge on any atom is 0.293 e. The summed E-state index contributed by atoms with van der Waals surface area (Å²) in [4.78, 5) is 15.0. The van der Waals surface area contributed by atoms with E-state index in [1.54, 1.807) is 13.2 Å². The number of aromatic nitrogens is 2. The predicted octanol–water partition coefficient (Wildman–Crippen LogP) is 4.19. The molecule has 4 rings (SSSR count). The van der Waals surface area contributed by atoms with Crippen molar-refractivity contribution in [3.8, 4) is 17.0 Å². The van der Waals surface area contributed by atoms with Gasteiger partial charge in [0.1, 0.15) is 17.2 Å². The Morgan fingerprint density at radius 3 is 2.75 bits per heavy atom. The van der Waals surface area contributed by atoms with Crippen LogP contribution in [-0.4, -0.2) is 34.8 Å².